The molecule has 1 N–H and O–H groups in total. The molecule has 8 heteroatoms. The van der Waals surface area contributed by atoms with Crippen LogP contribution in [0.2, 0.25) is 0 Å². The highest BCUT2D eigenvalue weighted by Crippen LogP contribution is 2.24. The Morgan fingerprint density at radius 2 is 1.85 bits per heavy atom. The number of carbonyl (C=O) groups excluding carboxylic acids is 1. The SMILES string of the molecule is C[C@H]1CCCC[C@@H]1NC(=O)N1CCN(S(=O)(=O)c2cccc(F)c2)CC1. The van der Waals surface area contributed by atoms with Crippen LogP contribution in [0.25, 0.3) is 0 Å². The molecule has 2 aliphatic rings. The van der Waals surface area contributed by atoms with Gasteiger partial charge in [-0.15, -0.1) is 0 Å². The molecular formula is C18H26FN3O3S. The van der Waals surface area contributed by atoms with Crippen LogP contribution in [0.3, 0.4) is 0 Å². The van der Waals surface area contributed by atoms with Crippen molar-refractivity contribution in [2.24, 2.45) is 5.92 Å². The summed E-state index contributed by atoms with van der Waals surface area (Å²) in [5, 5.41) is 3.10. The van der Waals surface area contributed by atoms with Gasteiger partial charge in [-0.3, -0.25) is 0 Å². The summed E-state index contributed by atoms with van der Waals surface area (Å²) in [7, 11) is -3.73. The van der Waals surface area contributed by atoms with Gasteiger partial charge in [0.15, 0.2) is 0 Å². The molecule has 0 radical (unpaired) electrons. The van der Waals surface area contributed by atoms with Crippen molar-refractivity contribution in [2.45, 2.75) is 43.5 Å². The fraction of sp³-hybridized carbons (Fsp3) is 0.611. The topological polar surface area (TPSA) is 69.7 Å². The zero-order chi connectivity index (χ0) is 18.7. The molecule has 1 aromatic carbocycles. The molecule has 2 amide bonds. The van der Waals surface area contributed by atoms with Gasteiger partial charge in [-0.1, -0.05) is 25.8 Å². The second-order valence-corrected chi connectivity index (χ2v) is 9.10. The molecule has 1 saturated carbocycles. The third-order valence-corrected chi connectivity index (χ3v) is 7.27. The summed E-state index contributed by atoms with van der Waals surface area (Å²) in [6, 6.07) is 5.10. The van der Waals surface area contributed by atoms with Gasteiger partial charge in [-0.25, -0.2) is 17.6 Å². The van der Waals surface area contributed by atoms with Crippen LogP contribution in [-0.2, 0) is 10.0 Å². The molecule has 0 aromatic heterocycles. The van der Waals surface area contributed by atoms with Crippen LogP contribution in [0, 0.1) is 11.7 Å². The predicted molar refractivity (Wildman–Crippen MR) is 96.7 cm³/mol. The predicted octanol–water partition coefficient (Wildman–Crippen LogP) is 2.42. The maximum atomic E-state index is 13.3. The van der Waals surface area contributed by atoms with Crippen molar-refractivity contribution in [1.82, 2.24) is 14.5 Å². The standard InChI is InChI=1S/C18H26FN3O3S/c1-14-5-2-3-8-17(14)20-18(23)21-9-11-22(12-10-21)26(24,25)16-7-4-6-15(19)13-16/h4,6-7,13-14,17H,2-3,5,8-12H2,1H3,(H,20,23)/t14-,17-/m0/s1. The lowest BCUT2D eigenvalue weighted by molar-refractivity contribution is 0.161. The van der Waals surface area contributed by atoms with Gasteiger partial charge in [0.05, 0.1) is 4.90 Å². The van der Waals surface area contributed by atoms with Crippen molar-refractivity contribution >= 4 is 16.1 Å². The van der Waals surface area contributed by atoms with E-state index in [1.807, 2.05) is 0 Å². The maximum absolute atomic E-state index is 13.3. The Balaban J connectivity index is 1.57. The van der Waals surface area contributed by atoms with E-state index in [9.17, 15) is 17.6 Å². The minimum atomic E-state index is -3.73. The molecule has 0 unspecified atom stereocenters. The molecule has 3 rings (SSSR count). The average molecular weight is 383 g/mol. The van der Waals surface area contributed by atoms with Crippen LogP contribution in [0.4, 0.5) is 9.18 Å². The first-order valence-electron chi connectivity index (χ1n) is 9.19. The van der Waals surface area contributed by atoms with E-state index in [4.69, 9.17) is 0 Å². The number of urea groups is 1. The highest BCUT2D eigenvalue weighted by Gasteiger charge is 2.31. The molecule has 26 heavy (non-hydrogen) atoms. The lowest BCUT2D eigenvalue weighted by Gasteiger charge is -2.36. The van der Waals surface area contributed by atoms with Gasteiger partial charge in [-0.2, -0.15) is 4.31 Å². The highest BCUT2D eigenvalue weighted by atomic mass is 32.2. The number of halogens is 1. The number of carbonyl (C=O) groups is 1. The molecule has 6 nitrogen and oxygen atoms in total. The maximum Gasteiger partial charge on any atom is 0.317 e. The van der Waals surface area contributed by atoms with Crippen LogP contribution in [-0.4, -0.2) is 55.9 Å². The van der Waals surface area contributed by atoms with Gasteiger partial charge in [0.2, 0.25) is 10.0 Å². The summed E-state index contributed by atoms with van der Waals surface area (Å²) in [5.41, 5.74) is 0. The number of hydrogen-bond acceptors (Lipinski definition) is 3. The van der Waals surface area contributed by atoms with Gasteiger partial charge < -0.3 is 10.2 Å². The van der Waals surface area contributed by atoms with E-state index < -0.39 is 15.8 Å². The first-order chi connectivity index (χ1) is 12.4. The van der Waals surface area contributed by atoms with E-state index in [0.717, 1.165) is 25.3 Å². The molecule has 1 saturated heterocycles. The largest absolute Gasteiger partial charge is 0.335 e. The second kappa shape index (κ2) is 7.92. The monoisotopic (exact) mass is 383 g/mol. The minimum absolute atomic E-state index is 0.0496. The molecule has 144 valence electrons. The lowest BCUT2D eigenvalue weighted by Crippen LogP contribution is -2.55. The van der Waals surface area contributed by atoms with Crippen LogP contribution in [0.15, 0.2) is 29.2 Å². The number of sulfonamides is 1. The Bertz CT molecular complexity index is 748. The van der Waals surface area contributed by atoms with E-state index in [1.165, 1.54) is 28.9 Å². The fourth-order valence-electron chi connectivity index (χ4n) is 3.69. The van der Waals surface area contributed by atoms with Crippen LogP contribution in [0.1, 0.15) is 32.6 Å². The van der Waals surface area contributed by atoms with Crippen molar-refractivity contribution < 1.29 is 17.6 Å². The van der Waals surface area contributed by atoms with Crippen molar-refractivity contribution in [3.63, 3.8) is 0 Å². The van der Waals surface area contributed by atoms with E-state index in [1.54, 1.807) is 4.90 Å². The third kappa shape index (κ3) is 4.17. The second-order valence-electron chi connectivity index (χ2n) is 7.17. The molecule has 2 fully saturated rings. The van der Waals surface area contributed by atoms with Crippen LogP contribution in [0.5, 0.6) is 0 Å². The molecule has 0 bridgehead atoms. The molecular weight excluding hydrogens is 357 g/mol. The smallest absolute Gasteiger partial charge is 0.317 e. The zero-order valence-corrected chi connectivity index (χ0v) is 15.8. The summed E-state index contributed by atoms with van der Waals surface area (Å²) in [6.07, 6.45) is 4.48. The van der Waals surface area contributed by atoms with Gasteiger partial charge in [0.25, 0.3) is 0 Å². The number of benzene rings is 1. The van der Waals surface area contributed by atoms with Gasteiger partial charge in [0, 0.05) is 32.2 Å². The Kier molecular flexibility index (Phi) is 5.82. The molecule has 1 aromatic rings. The van der Waals surface area contributed by atoms with E-state index in [2.05, 4.69) is 12.2 Å². The van der Waals surface area contributed by atoms with E-state index >= 15 is 0 Å². The average Bonchev–Trinajstić information content (AvgIpc) is 2.63. The quantitative estimate of drug-likeness (QED) is 0.871. The molecule has 1 aliphatic carbocycles. The van der Waals surface area contributed by atoms with Crippen molar-refractivity contribution in [3.05, 3.63) is 30.1 Å². The number of nitrogens with one attached hydrogen (secondary N) is 1. The van der Waals surface area contributed by atoms with Gasteiger partial charge in [-0.05, 0) is 37.0 Å². The number of hydrogen-bond donors (Lipinski definition) is 1. The molecule has 1 heterocycles. The fourth-order valence-corrected chi connectivity index (χ4v) is 5.14. The lowest BCUT2D eigenvalue weighted by atomic mass is 9.86. The molecule has 2 atom stereocenters. The summed E-state index contributed by atoms with van der Waals surface area (Å²) in [5.74, 6) is -0.104. The van der Waals surface area contributed by atoms with Crippen LogP contribution < -0.4 is 5.32 Å². The van der Waals surface area contributed by atoms with E-state index in [0.29, 0.717) is 19.0 Å². The normalized spacial score (nSPS) is 25.1. The first kappa shape index (κ1) is 19.1. The van der Waals surface area contributed by atoms with Crippen molar-refractivity contribution in [3.8, 4) is 0 Å². The number of piperazine rings is 1. The Morgan fingerprint density at radius 3 is 2.50 bits per heavy atom. The summed E-state index contributed by atoms with van der Waals surface area (Å²) in [6.45, 7) is 3.26. The minimum Gasteiger partial charge on any atom is -0.335 e. The number of amides is 2. The number of rotatable bonds is 3. The zero-order valence-electron chi connectivity index (χ0n) is 15.0. The van der Waals surface area contributed by atoms with Crippen LogP contribution >= 0.6 is 0 Å². The molecule has 0 spiro atoms. The Hall–Kier alpha value is -1.67. The summed E-state index contributed by atoms with van der Waals surface area (Å²) < 4.78 is 39.9. The first-order valence-corrected chi connectivity index (χ1v) is 10.6. The Labute approximate surface area is 154 Å². The van der Waals surface area contributed by atoms with Gasteiger partial charge >= 0.3 is 6.03 Å². The summed E-state index contributed by atoms with van der Waals surface area (Å²) >= 11 is 0. The molecule has 1 aliphatic heterocycles. The van der Waals surface area contributed by atoms with Gasteiger partial charge in [0.1, 0.15) is 5.82 Å². The van der Waals surface area contributed by atoms with Crippen molar-refractivity contribution in [2.75, 3.05) is 26.2 Å². The van der Waals surface area contributed by atoms with Crippen molar-refractivity contribution in [1.29, 1.82) is 0 Å². The Morgan fingerprint density at radius 1 is 1.15 bits per heavy atom. The summed E-state index contributed by atoms with van der Waals surface area (Å²) in [4.78, 5) is 14.1. The highest BCUT2D eigenvalue weighted by molar-refractivity contribution is 7.89. The third-order valence-electron chi connectivity index (χ3n) is 5.38. The van der Waals surface area contributed by atoms with E-state index in [-0.39, 0.29) is 30.1 Å². The number of nitrogens with zero attached hydrogens (tertiary/aromatic N) is 2.